The van der Waals surface area contributed by atoms with E-state index in [1.807, 2.05) is 32.0 Å². The molecule has 0 radical (unpaired) electrons. The number of benzene rings is 1. The summed E-state index contributed by atoms with van der Waals surface area (Å²) < 4.78 is 11.2. The topological polar surface area (TPSA) is 73.3 Å². The first kappa shape index (κ1) is 15.9. The van der Waals surface area contributed by atoms with Gasteiger partial charge in [-0.2, -0.15) is 0 Å². The summed E-state index contributed by atoms with van der Waals surface area (Å²) in [5, 5.41) is 12.1. The first-order chi connectivity index (χ1) is 11.1. The predicted octanol–water partition coefficient (Wildman–Crippen LogP) is 3.02. The van der Waals surface area contributed by atoms with E-state index in [2.05, 4.69) is 15.5 Å². The van der Waals surface area contributed by atoms with Gasteiger partial charge in [0.15, 0.2) is 6.61 Å². The number of rotatable bonds is 5. The average Bonchev–Trinajstić information content (AvgIpc) is 3.17. The molecular weight excluding hydrogens is 314 g/mol. The number of carbonyl (C=O) groups excluding carboxylic acids is 1. The summed E-state index contributed by atoms with van der Waals surface area (Å²) in [5.74, 6) is 0.502. The van der Waals surface area contributed by atoms with Crippen LogP contribution in [0.5, 0.6) is 5.75 Å². The molecule has 0 aliphatic carbocycles. The van der Waals surface area contributed by atoms with Crippen molar-refractivity contribution in [3.63, 3.8) is 0 Å². The third-order valence-electron chi connectivity index (χ3n) is 3.65. The van der Waals surface area contributed by atoms with E-state index < -0.39 is 0 Å². The van der Waals surface area contributed by atoms with Crippen LogP contribution in [-0.4, -0.2) is 29.3 Å². The number of nitrogens with one attached hydrogen (secondary N) is 1. The van der Waals surface area contributed by atoms with Gasteiger partial charge in [-0.25, -0.2) is 0 Å². The van der Waals surface area contributed by atoms with Crippen LogP contribution in [0.2, 0.25) is 0 Å². The van der Waals surface area contributed by atoms with Gasteiger partial charge in [-0.05, 0) is 37.8 Å². The molecule has 23 heavy (non-hydrogen) atoms. The monoisotopic (exact) mass is 333 g/mol. The molecular formula is C16H19N3O3S. The van der Waals surface area contributed by atoms with Crippen molar-refractivity contribution in [2.24, 2.45) is 0 Å². The summed E-state index contributed by atoms with van der Waals surface area (Å²) >= 11 is 1.35. The lowest BCUT2D eigenvalue weighted by molar-refractivity contribution is -0.118. The molecule has 1 aliphatic rings. The van der Waals surface area contributed by atoms with Crippen molar-refractivity contribution in [2.45, 2.75) is 32.8 Å². The molecule has 122 valence electrons. The van der Waals surface area contributed by atoms with Gasteiger partial charge in [0.2, 0.25) is 5.13 Å². The van der Waals surface area contributed by atoms with Crippen molar-refractivity contribution in [1.82, 2.24) is 10.2 Å². The van der Waals surface area contributed by atoms with Crippen molar-refractivity contribution in [1.29, 1.82) is 0 Å². The number of ether oxygens (including phenoxy) is 2. The first-order valence-corrected chi connectivity index (χ1v) is 8.39. The Bertz CT molecular complexity index is 675. The highest BCUT2D eigenvalue weighted by Crippen LogP contribution is 2.31. The summed E-state index contributed by atoms with van der Waals surface area (Å²) in [7, 11) is 0. The molecule has 3 rings (SSSR count). The maximum absolute atomic E-state index is 12.0. The molecule has 7 heteroatoms. The van der Waals surface area contributed by atoms with E-state index in [0.29, 0.717) is 5.13 Å². The fourth-order valence-electron chi connectivity index (χ4n) is 2.51. The molecule has 1 aromatic heterocycles. The standard InChI is InChI=1S/C16H19N3O3S/c1-10-5-3-6-11(2)14(10)22-9-13(20)17-16-19-18-15(23-16)12-7-4-8-21-12/h3,5-6,12H,4,7-9H2,1-2H3,(H,17,19,20)/t12-/m0/s1. The molecule has 1 aromatic carbocycles. The van der Waals surface area contributed by atoms with Gasteiger partial charge in [-0.1, -0.05) is 29.5 Å². The third-order valence-corrected chi connectivity index (χ3v) is 4.58. The lowest BCUT2D eigenvalue weighted by atomic mass is 10.1. The lowest BCUT2D eigenvalue weighted by Gasteiger charge is -2.11. The minimum absolute atomic E-state index is 0.0176. The highest BCUT2D eigenvalue weighted by atomic mass is 32.1. The Morgan fingerprint density at radius 1 is 1.39 bits per heavy atom. The number of hydrogen-bond acceptors (Lipinski definition) is 6. The third kappa shape index (κ3) is 3.86. The summed E-state index contributed by atoms with van der Waals surface area (Å²) in [5.41, 5.74) is 2.02. The molecule has 1 fully saturated rings. The molecule has 2 heterocycles. The zero-order valence-corrected chi connectivity index (χ0v) is 14.0. The Hall–Kier alpha value is -1.99. The zero-order chi connectivity index (χ0) is 16.2. The van der Waals surface area contributed by atoms with Crippen molar-refractivity contribution < 1.29 is 14.3 Å². The molecule has 0 spiro atoms. The van der Waals surface area contributed by atoms with Crippen LogP contribution in [0, 0.1) is 13.8 Å². The van der Waals surface area contributed by atoms with E-state index in [0.717, 1.165) is 41.3 Å². The summed E-state index contributed by atoms with van der Waals surface area (Å²) in [6, 6.07) is 5.88. The van der Waals surface area contributed by atoms with Gasteiger partial charge in [0.05, 0.1) is 0 Å². The Labute approximate surface area is 138 Å². The fraction of sp³-hybridized carbons (Fsp3) is 0.438. The van der Waals surface area contributed by atoms with Crippen LogP contribution in [0.15, 0.2) is 18.2 Å². The largest absolute Gasteiger partial charge is 0.483 e. The smallest absolute Gasteiger partial charge is 0.264 e. The van der Waals surface area contributed by atoms with E-state index in [4.69, 9.17) is 9.47 Å². The molecule has 1 saturated heterocycles. The summed E-state index contributed by atoms with van der Waals surface area (Å²) in [6.45, 7) is 4.62. The second kappa shape index (κ2) is 7.06. The van der Waals surface area contributed by atoms with E-state index in [-0.39, 0.29) is 18.6 Å². The van der Waals surface area contributed by atoms with Gasteiger partial charge >= 0.3 is 0 Å². The Balaban J connectivity index is 1.55. The van der Waals surface area contributed by atoms with Gasteiger partial charge in [0.1, 0.15) is 16.9 Å². The zero-order valence-electron chi connectivity index (χ0n) is 13.2. The molecule has 1 N–H and O–H groups in total. The van der Waals surface area contributed by atoms with E-state index in [1.165, 1.54) is 11.3 Å². The van der Waals surface area contributed by atoms with E-state index >= 15 is 0 Å². The Kier molecular flexibility index (Phi) is 4.88. The van der Waals surface area contributed by atoms with Gasteiger partial charge in [-0.3, -0.25) is 10.1 Å². The molecule has 0 saturated carbocycles. The van der Waals surface area contributed by atoms with Gasteiger partial charge in [0.25, 0.3) is 5.91 Å². The van der Waals surface area contributed by atoms with E-state index in [9.17, 15) is 4.79 Å². The average molecular weight is 333 g/mol. The summed E-state index contributed by atoms with van der Waals surface area (Å²) in [4.78, 5) is 12.0. The van der Waals surface area contributed by atoms with Crippen molar-refractivity contribution in [3.05, 3.63) is 34.3 Å². The quantitative estimate of drug-likeness (QED) is 0.910. The van der Waals surface area contributed by atoms with Crippen molar-refractivity contribution in [3.8, 4) is 5.75 Å². The minimum atomic E-state index is -0.248. The van der Waals surface area contributed by atoms with Crippen LogP contribution in [0.1, 0.15) is 35.1 Å². The second-order valence-corrected chi connectivity index (χ2v) is 6.51. The first-order valence-electron chi connectivity index (χ1n) is 7.57. The SMILES string of the molecule is Cc1cccc(C)c1OCC(=O)Nc1nnc([C@@H]2CCCO2)s1. The van der Waals surface area contributed by atoms with Crippen LogP contribution in [0.3, 0.4) is 0 Å². The molecule has 1 amide bonds. The highest BCUT2D eigenvalue weighted by Gasteiger charge is 2.22. The highest BCUT2D eigenvalue weighted by molar-refractivity contribution is 7.15. The number of nitrogens with zero attached hydrogens (tertiary/aromatic N) is 2. The van der Waals surface area contributed by atoms with E-state index in [1.54, 1.807) is 0 Å². The minimum Gasteiger partial charge on any atom is -0.483 e. The maximum atomic E-state index is 12.0. The van der Waals surface area contributed by atoms with Crippen molar-refractivity contribution >= 4 is 22.4 Å². The van der Waals surface area contributed by atoms with Crippen LogP contribution in [0.25, 0.3) is 0 Å². The van der Waals surface area contributed by atoms with Gasteiger partial charge in [0, 0.05) is 6.61 Å². The normalized spacial score (nSPS) is 17.2. The summed E-state index contributed by atoms with van der Waals surface area (Å²) in [6.07, 6.45) is 2.01. The number of para-hydroxylation sites is 1. The molecule has 0 unspecified atom stereocenters. The van der Waals surface area contributed by atoms with Gasteiger partial charge in [-0.15, -0.1) is 10.2 Å². The number of amides is 1. The molecule has 2 aromatic rings. The predicted molar refractivity (Wildman–Crippen MR) is 87.9 cm³/mol. The number of carbonyl (C=O) groups is 1. The number of aromatic nitrogens is 2. The van der Waals surface area contributed by atoms with Crippen LogP contribution in [0.4, 0.5) is 5.13 Å². The molecule has 0 bridgehead atoms. The number of anilines is 1. The molecule has 1 atom stereocenters. The van der Waals surface area contributed by atoms with Crippen molar-refractivity contribution in [2.75, 3.05) is 18.5 Å². The fourth-order valence-corrected chi connectivity index (χ4v) is 3.35. The number of hydrogen-bond donors (Lipinski definition) is 1. The lowest BCUT2D eigenvalue weighted by Crippen LogP contribution is -2.20. The Morgan fingerprint density at radius 3 is 2.87 bits per heavy atom. The van der Waals surface area contributed by atoms with Gasteiger partial charge < -0.3 is 9.47 Å². The Morgan fingerprint density at radius 2 is 2.17 bits per heavy atom. The maximum Gasteiger partial charge on any atom is 0.264 e. The second-order valence-electron chi connectivity index (χ2n) is 5.50. The van der Waals surface area contributed by atoms with Crippen LogP contribution >= 0.6 is 11.3 Å². The van der Waals surface area contributed by atoms with Crippen LogP contribution < -0.4 is 10.1 Å². The molecule has 6 nitrogen and oxygen atoms in total. The number of aryl methyl sites for hydroxylation is 2. The molecule has 1 aliphatic heterocycles. The van der Waals surface area contributed by atoms with Crippen LogP contribution in [-0.2, 0) is 9.53 Å².